The Morgan fingerprint density at radius 3 is 2.24 bits per heavy atom. The fourth-order valence-electron chi connectivity index (χ4n) is 5.18. The van der Waals surface area contributed by atoms with E-state index in [2.05, 4.69) is 24.3 Å². The van der Waals surface area contributed by atoms with Gasteiger partial charge < -0.3 is 14.6 Å². The molecule has 0 aromatic heterocycles. The number of nitrogens with zero attached hydrogens (tertiary/aromatic N) is 1. The molecule has 0 fully saturated rings. The van der Waals surface area contributed by atoms with E-state index in [1.54, 1.807) is 19.1 Å². The van der Waals surface area contributed by atoms with E-state index < -0.39 is 17.6 Å². The molecule has 1 aliphatic carbocycles. The van der Waals surface area contributed by atoms with E-state index in [4.69, 9.17) is 9.47 Å². The summed E-state index contributed by atoms with van der Waals surface area (Å²) in [6.07, 6.45) is -0.665. The van der Waals surface area contributed by atoms with Crippen LogP contribution >= 0.6 is 0 Å². The largest absolute Gasteiger partial charge is 0.479 e. The summed E-state index contributed by atoms with van der Waals surface area (Å²) in [5, 5.41) is 10.3. The van der Waals surface area contributed by atoms with Crippen LogP contribution in [0.1, 0.15) is 35.1 Å². The van der Waals surface area contributed by atoms with Crippen LogP contribution in [0.5, 0.6) is 0 Å². The molecule has 0 saturated heterocycles. The van der Waals surface area contributed by atoms with E-state index in [-0.39, 0.29) is 25.7 Å². The molecule has 1 unspecified atom stereocenters. The Morgan fingerprint density at radius 1 is 1.00 bits per heavy atom. The molecule has 3 aromatic carbocycles. The number of amides is 1. The minimum atomic E-state index is -1.63. The number of hydrogen-bond donors (Lipinski definition) is 1. The molecule has 0 radical (unpaired) electrons. The topological polar surface area (TPSA) is 76.1 Å². The molecule has 3 aromatic rings. The molecule has 1 heterocycles. The number of benzene rings is 3. The quantitative estimate of drug-likeness (QED) is 0.615. The monoisotopic (exact) mass is 443 g/mol. The highest BCUT2D eigenvalue weighted by atomic mass is 16.6. The lowest BCUT2D eigenvalue weighted by atomic mass is 9.84. The second-order valence-electron chi connectivity index (χ2n) is 8.36. The number of ether oxygens (including phenoxy) is 2. The van der Waals surface area contributed by atoms with Gasteiger partial charge in [-0.05, 0) is 40.3 Å². The van der Waals surface area contributed by atoms with Gasteiger partial charge in [0.05, 0.1) is 13.2 Å². The maximum atomic E-state index is 13.4. The van der Waals surface area contributed by atoms with Crippen molar-refractivity contribution in [1.82, 2.24) is 4.90 Å². The molecule has 1 atom stereocenters. The minimum Gasteiger partial charge on any atom is -0.479 e. The van der Waals surface area contributed by atoms with Crippen molar-refractivity contribution >= 4 is 12.1 Å². The molecule has 2 aliphatic rings. The third-order valence-electron chi connectivity index (χ3n) is 6.72. The zero-order valence-corrected chi connectivity index (χ0v) is 18.4. The van der Waals surface area contributed by atoms with Gasteiger partial charge in [-0.3, -0.25) is 4.90 Å². The SMILES string of the molecule is CCN(C(=O)OCC1c2ccccc2-c2ccccc21)C1(C(=O)O)COCc2ccccc21. The molecule has 0 spiro atoms. The summed E-state index contributed by atoms with van der Waals surface area (Å²) in [6.45, 7) is 2.23. The van der Waals surface area contributed by atoms with Crippen molar-refractivity contribution in [1.29, 1.82) is 0 Å². The Hall–Kier alpha value is -3.64. The fraction of sp³-hybridized carbons (Fsp3) is 0.259. The second-order valence-corrected chi connectivity index (χ2v) is 8.36. The summed E-state index contributed by atoms with van der Waals surface area (Å²) in [5.41, 5.74) is 4.18. The first-order chi connectivity index (χ1) is 16.1. The standard InChI is InChI=1S/C27H25NO5/c1-2-28(27(25(29)30)17-32-15-18-9-3-8-14-24(18)27)26(31)33-16-23-21-12-6-4-10-19(21)20-11-5-7-13-22(20)23/h3-14,23H,2,15-17H2,1H3,(H,29,30). The van der Waals surface area contributed by atoms with E-state index >= 15 is 0 Å². The van der Waals surface area contributed by atoms with Gasteiger partial charge in [-0.1, -0.05) is 72.8 Å². The number of rotatable bonds is 5. The molecular weight excluding hydrogens is 418 g/mol. The number of likely N-dealkylation sites (N-methyl/N-ethyl adjacent to an activating group) is 1. The molecule has 1 amide bonds. The summed E-state index contributed by atoms with van der Waals surface area (Å²) in [7, 11) is 0. The summed E-state index contributed by atoms with van der Waals surface area (Å²) in [6, 6.07) is 23.4. The zero-order chi connectivity index (χ0) is 23.0. The number of fused-ring (bicyclic) bond motifs is 4. The number of carbonyl (C=O) groups is 2. The average Bonchev–Trinajstić information content (AvgIpc) is 3.17. The second kappa shape index (κ2) is 8.37. The van der Waals surface area contributed by atoms with Crippen LogP contribution in [-0.4, -0.2) is 41.8 Å². The third-order valence-corrected chi connectivity index (χ3v) is 6.72. The molecule has 6 nitrogen and oxygen atoms in total. The van der Waals surface area contributed by atoms with Gasteiger partial charge in [-0.2, -0.15) is 0 Å². The van der Waals surface area contributed by atoms with Crippen LogP contribution in [0.4, 0.5) is 4.79 Å². The minimum absolute atomic E-state index is 0.101. The molecule has 1 aliphatic heterocycles. The lowest BCUT2D eigenvalue weighted by molar-refractivity contribution is -0.158. The van der Waals surface area contributed by atoms with E-state index in [1.807, 2.05) is 36.4 Å². The predicted molar refractivity (Wildman–Crippen MR) is 123 cm³/mol. The van der Waals surface area contributed by atoms with Gasteiger partial charge >= 0.3 is 12.1 Å². The van der Waals surface area contributed by atoms with Crippen LogP contribution in [0.25, 0.3) is 11.1 Å². The molecule has 33 heavy (non-hydrogen) atoms. The van der Waals surface area contributed by atoms with Crippen LogP contribution in [0.15, 0.2) is 72.8 Å². The van der Waals surface area contributed by atoms with Crippen molar-refractivity contribution in [2.75, 3.05) is 19.8 Å². The Balaban J connectivity index is 1.45. The fourth-order valence-corrected chi connectivity index (χ4v) is 5.18. The van der Waals surface area contributed by atoms with Gasteiger partial charge in [0.1, 0.15) is 6.61 Å². The van der Waals surface area contributed by atoms with Gasteiger partial charge in [0, 0.05) is 12.5 Å². The van der Waals surface area contributed by atoms with E-state index in [1.165, 1.54) is 4.90 Å². The maximum absolute atomic E-state index is 13.4. The van der Waals surface area contributed by atoms with Gasteiger partial charge in [0.2, 0.25) is 0 Å². The molecule has 0 bridgehead atoms. The first kappa shape index (κ1) is 21.2. The zero-order valence-electron chi connectivity index (χ0n) is 18.4. The van der Waals surface area contributed by atoms with E-state index in [0.29, 0.717) is 12.2 Å². The Bertz CT molecular complexity index is 1180. The number of carboxylic acid groups (broad SMARTS) is 1. The van der Waals surface area contributed by atoms with Crippen LogP contribution in [-0.2, 0) is 26.4 Å². The Morgan fingerprint density at radius 2 is 1.61 bits per heavy atom. The number of carboxylic acids is 1. The smallest absolute Gasteiger partial charge is 0.411 e. The van der Waals surface area contributed by atoms with Crippen molar-refractivity contribution in [3.63, 3.8) is 0 Å². The molecular formula is C27H25NO5. The summed E-state index contributed by atoms with van der Waals surface area (Å²) in [4.78, 5) is 27.2. The van der Waals surface area contributed by atoms with Crippen molar-refractivity contribution in [2.45, 2.75) is 25.0 Å². The average molecular weight is 443 g/mol. The normalized spacial score (nSPS) is 18.7. The highest BCUT2D eigenvalue weighted by molar-refractivity contribution is 5.87. The molecule has 168 valence electrons. The predicted octanol–water partition coefficient (Wildman–Crippen LogP) is 4.77. The first-order valence-corrected chi connectivity index (χ1v) is 11.1. The highest BCUT2D eigenvalue weighted by Crippen LogP contribution is 2.45. The Kier molecular flexibility index (Phi) is 5.38. The van der Waals surface area contributed by atoms with Crippen molar-refractivity contribution in [2.24, 2.45) is 0 Å². The van der Waals surface area contributed by atoms with Crippen molar-refractivity contribution in [3.8, 4) is 11.1 Å². The van der Waals surface area contributed by atoms with Crippen LogP contribution in [0.2, 0.25) is 0 Å². The Labute approximate surface area is 192 Å². The van der Waals surface area contributed by atoms with Crippen LogP contribution in [0.3, 0.4) is 0 Å². The van der Waals surface area contributed by atoms with Gasteiger partial charge in [0.25, 0.3) is 0 Å². The molecule has 6 heteroatoms. The summed E-state index contributed by atoms with van der Waals surface area (Å²) < 4.78 is 11.5. The number of hydrogen-bond acceptors (Lipinski definition) is 4. The maximum Gasteiger partial charge on any atom is 0.411 e. The van der Waals surface area contributed by atoms with Crippen molar-refractivity contribution in [3.05, 3.63) is 95.1 Å². The van der Waals surface area contributed by atoms with Gasteiger partial charge in [0.15, 0.2) is 5.54 Å². The van der Waals surface area contributed by atoms with E-state index in [0.717, 1.165) is 27.8 Å². The molecule has 0 saturated carbocycles. The summed E-state index contributed by atoms with van der Waals surface area (Å²) in [5.74, 6) is -1.24. The lowest BCUT2D eigenvalue weighted by Crippen LogP contribution is -2.59. The number of carbonyl (C=O) groups excluding carboxylic acids is 1. The van der Waals surface area contributed by atoms with Crippen LogP contribution in [0, 0.1) is 0 Å². The highest BCUT2D eigenvalue weighted by Gasteiger charge is 2.52. The number of aliphatic carboxylic acids is 1. The van der Waals surface area contributed by atoms with Gasteiger partial charge in [-0.25, -0.2) is 9.59 Å². The third kappa shape index (κ3) is 3.29. The summed E-state index contributed by atoms with van der Waals surface area (Å²) >= 11 is 0. The van der Waals surface area contributed by atoms with E-state index in [9.17, 15) is 14.7 Å². The van der Waals surface area contributed by atoms with Crippen molar-refractivity contribution < 1.29 is 24.2 Å². The molecule has 5 rings (SSSR count). The lowest BCUT2D eigenvalue weighted by Gasteiger charge is -2.42. The first-order valence-electron chi connectivity index (χ1n) is 11.1. The van der Waals surface area contributed by atoms with Gasteiger partial charge in [-0.15, -0.1) is 0 Å². The molecule has 1 N–H and O–H groups in total. The van der Waals surface area contributed by atoms with Crippen LogP contribution < -0.4 is 0 Å².